The Labute approximate surface area is 132 Å². The van der Waals surface area contributed by atoms with Gasteiger partial charge in [-0.25, -0.2) is 0 Å². The van der Waals surface area contributed by atoms with Crippen molar-refractivity contribution in [3.8, 4) is 11.5 Å². The highest BCUT2D eigenvalue weighted by molar-refractivity contribution is 7.12. The molecule has 0 spiro atoms. The average molecular weight is 344 g/mol. The summed E-state index contributed by atoms with van der Waals surface area (Å²) in [5.74, 6) is -0.821. The van der Waals surface area contributed by atoms with E-state index < -0.39 is 17.4 Å². The number of non-ortho nitro benzene ring substituents is 1. The molecule has 0 saturated carbocycles. The van der Waals surface area contributed by atoms with Gasteiger partial charge in [-0.2, -0.15) is 8.78 Å². The molecule has 0 unspecified atom stereocenters. The number of nitrogens with one attached hydrogen (secondary N) is 1. The van der Waals surface area contributed by atoms with Crippen LogP contribution in [0.15, 0.2) is 29.6 Å². The lowest BCUT2D eigenvalue weighted by atomic mass is 10.2. The van der Waals surface area contributed by atoms with Crippen molar-refractivity contribution in [2.75, 3.05) is 12.4 Å². The molecule has 2 aromatic rings. The number of amides is 1. The van der Waals surface area contributed by atoms with Gasteiger partial charge in [-0.15, -0.1) is 11.3 Å². The summed E-state index contributed by atoms with van der Waals surface area (Å²) in [5.41, 5.74) is -0.209. The van der Waals surface area contributed by atoms with E-state index in [9.17, 15) is 23.7 Å². The van der Waals surface area contributed by atoms with Crippen LogP contribution < -0.4 is 14.8 Å². The van der Waals surface area contributed by atoms with E-state index in [1.165, 1.54) is 30.7 Å². The lowest BCUT2D eigenvalue weighted by Crippen LogP contribution is -2.13. The normalized spacial score (nSPS) is 10.4. The van der Waals surface area contributed by atoms with Gasteiger partial charge in [-0.05, 0) is 17.5 Å². The third kappa shape index (κ3) is 3.92. The molecule has 1 amide bonds. The molecule has 0 saturated heterocycles. The number of nitro benzene ring substituents is 1. The number of nitro groups is 1. The Morgan fingerprint density at radius 1 is 1.35 bits per heavy atom. The van der Waals surface area contributed by atoms with Crippen molar-refractivity contribution in [2.45, 2.75) is 6.61 Å². The summed E-state index contributed by atoms with van der Waals surface area (Å²) in [4.78, 5) is 22.3. The van der Waals surface area contributed by atoms with E-state index in [0.717, 1.165) is 17.4 Å². The number of halogens is 2. The minimum absolute atomic E-state index is 0.0445. The number of hydrogen-bond acceptors (Lipinski definition) is 6. The number of anilines is 1. The van der Waals surface area contributed by atoms with Crippen molar-refractivity contribution in [3.63, 3.8) is 0 Å². The van der Waals surface area contributed by atoms with E-state index in [-0.39, 0.29) is 27.8 Å². The van der Waals surface area contributed by atoms with Gasteiger partial charge in [0.2, 0.25) is 0 Å². The van der Waals surface area contributed by atoms with Crippen molar-refractivity contribution >= 4 is 28.6 Å². The van der Waals surface area contributed by atoms with E-state index in [1.807, 2.05) is 0 Å². The van der Waals surface area contributed by atoms with Crippen LogP contribution >= 0.6 is 11.3 Å². The smallest absolute Gasteiger partial charge is 0.387 e. The number of thiophene rings is 1. The second kappa shape index (κ2) is 7.01. The highest BCUT2D eigenvalue weighted by atomic mass is 32.1. The quantitative estimate of drug-likeness (QED) is 0.639. The zero-order valence-corrected chi connectivity index (χ0v) is 12.4. The van der Waals surface area contributed by atoms with E-state index in [2.05, 4.69) is 10.1 Å². The second-order valence-corrected chi connectivity index (χ2v) is 5.00. The third-order valence-corrected chi connectivity index (χ3v) is 3.59. The number of ether oxygens (including phenoxy) is 2. The molecule has 0 fully saturated rings. The van der Waals surface area contributed by atoms with Gasteiger partial charge in [0.25, 0.3) is 11.6 Å². The molecular weight excluding hydrogens is 334 g/mol. The van der Waals surface area contributed by atoms with Gasteiger partial charge in [0.1, 0.15) is 16.4 Å². The molecule has 0 aliphatic heterocycles. The molecule has 1 N–H and O–H groups in total. The molecule has 0 atom stereocenters. The van der Waals surface area contributed by atoms with Gasteiger partial charge in [-0.1, -0.05) is 0 Å². The first kappa shape index (κ1) is 16.6. The third-order valence-electron chi connectivity index (χ3n) is 2.69. The minimum atomic E-state index is -3.07. The number of carbonyl (C=O) groups excluding carboxylic acids is 1. The maximum atomic E-state index is 12.3. The SMILES string of the molecule is COc1ccc([N+](=O)[O-])cc1NC(=O)c1sccc1OC(F)F. The van der Waals surface area contributed by atoms with Crippen LogP contribution in [0, 0.1) is 10.1 Å². The predicted molar refractivity (Wildman–Crippen MR) is 78.6 cm³/mol. The Kier molecular flexibility index (Phi) is 5.06. The van der Waals surface area contributed by atoms with Crippen LogP contribution in [-0.2, 0) is 0 Å². The van der Waals surface area contributed by atoms with Crippen LogP contribution in [0.3, 0.4) is 0 Å². The van der Waals surface area contributed by atoms with Crippen LogP contribution in [0.4, 0.5) is 20.2 Å². The molecule has 1 heterocycles. The van der Waals surface area contributed by atoms with Crippen molar-refractivity contribution < 1.29 is 28.0 Å². The van der Waals surface area contributed by atoms with Gasteiger partial charge in [-0.3, -0.25) is 14.9 Å². The molecule has 0 aliphatic carbocycles. The topological polar surface area (TPSA) is 90.7 Å². The fourth-order valence-corrected chi connectivity index (χ4v) is 2.46. The van der Waals surface area contributed by atoms with Crippen LogP contribution in [0.5, 0.6) is 11.5 Å². The zero-order valence-electron chi connectivity index (χ0n) is 11.6. The van der Waals surface area contributed by atoms with Crippen LogP contribution in [0.2, 0.25) is 0 Å². The van der Waals surface area contributed by atoms with Crippen molar-refractivity contribution in [3.05, 3.63) is 44.6 Å². The highest BCUT2D eigenvalue weighted by Gasteiger charge is 2.20. The Morgan fingerprint density at radius 2 is 2.09 bits per heavy atom. The molecule has 0 radical (unpaired) electrons. The number of nitrogens with zero attached hydrogens (tertiary/aromatic N) is 1. The van der Waals surface area contributed by atoms with Crippen molar-refractivity contribution in [1.82, 2.24) is 0 Å². The lowest BCUT2D eigenvalue weighted by molar-refractivity contribution is -0.384. The van der Waals surface area contributed by atoms with Crippen LogP contribution in [0.1, 0.15) is 9.67 Å². The van der Waals surface area contributed by atoms with Crippen LogP contribution in [-0.4, -0.2) is 24.6 Å². The minimum Gasteiger partial charge on any atom is -0.495 e. The lowest BCUT2D eigenvalue weighted by Gasteiger charge is -2.10. The number of methoxy groups -OCH3 is 1. The first-order valence-corrected chi connectivity index (χ1v) is 6.96. The van der Waals surface area contributed by atoms with E-state index in [1.54, 1.807) is 0 Å². The van der Waals surface area contributed by atoms with Gasteiger partial charge in [0.05, 0.1) is 17.7 Å². The van der Waals surface area contributed by atoms with Crippen molar-refractivity contribution in [2.24, 2.45) is 0 Å². The maximum Gasteiger partial charge on any atom is 0.387 e. The van der Waals surface area contributed by atoms with Gasteiger partial charge in [0.15, 0.2) is 0 Å². The first-order chi connectivity index (χ1) is 10.9. The van der Waals surface area contributed by atoms with E-state index in [4.69, 9.17) is 4.74 Å². The van der Waals surface area contributed by atoms with Crippen molar-refractivity contribution in [1.29, 1.82) is 0 Å². The number of hydrogen-bond donors (Lipinski definition) is 1. The Hall–Kier alpha value is -2.75. The van der Waals surface area contributed by atoms with E-state index >= 15 is 0 Å². The Morgan fingerprint density at radius 3 is 2.70 bits per heavy atom. The predicted octanol–water partition coefficient (Wildman–Crippen LogP) is 3.52. The van der Waals surface area contributed by atoms with Crippen LogP contribution in [0.25, 0.3) is 0 Å². The number of rotatable bonds is 6. The fourth-order valence-electron chi connectivity index (χ4n) is 1.74. The molecule has 10 heteroatoms. The standard InChI is InChI=1S/C13H10F2N2O5S/c1-21-9-3-2-7(17(19)20)6-8(9)16-12(18)11-10(4-5-23-11)22-13(14)15/h2-6,13H,1H3,(H,16,18). The largest absolute Gasteiger partial charge is 0.495 e. The van der Waals surface area contributed by atoms with E-state index in [0.29, 0.717) is 0 Å². The molecule has 23 heavy (non-hydrogen) atoms. The summed E-state index contributed by atoms with van der Waals surface area (Å²) in [6.45, 7) is -3.07. The summed E-state index contributed by atoms with van der Waals surface area (Å²) in [7, 11) is 1.33. The molecule has 0 bridgehead atoms. The summed E-state index contributed by atoms with van der Waals surface area (Å²) in [6.07, 6.45) is 0. The average Bonchev–Trinajstić information content (AvgIpc) is 2.94. The van der Waals surface area contributed by atoms with Gasteiger partial charge in [0, 0.05) is 12.1 Å². The number of alkyl halides is 2. The first-order valence-electron chi connectivity index (χ1n) is 6.08. The molecular formula is C13H10F2N2O5S. The fraction of sp³-hybridized carbons (Fsp3) is 0.154. The summed E-state index contributed by atoms with van der Waals surface area (Å²) in [6, 6.07) is 4.87. The van der Waals surface area contributed by atoms with Gasteiger partial charge < -0.3 is 14.8 Å². The molecule has 2 rings (SSSR count). The molecule has 0 aliphatic rings. The number of carbonyl (C=O) groups is 1. The molecule has 122 valence electrons. The monoisotopic (exact) mass is 344 g/mol. The summed E-state index contributed by atoms with van der Waals surface area (Å²) < 4.78 is 33.8. The number of benzene rings is 1. The van der Waals surface area contributed by atoms with Gasteiger partial charge >= 0.3 is 6.61 Å². The maximum absolute atomic E-state index is 12.3. The Balaban J connectivity index is 2.28. The Bertz CT molecular complexity index is 735. The summed E-state index contributed by atoms with van der Waals surface area (Å²) >= 11 is 0.898. The molecule has 1 aromatic heterocycles. The summed E-state index contributed by atoms with van der Waals surface area (Å²) in [5, 5.41) is 14.6. The molecule has 1 aromatic carbocycles. The molecule has 7 nitrogen and oxygen atoms in total. The zero-order chi connectivity index (χ0) is 17.0. The second-order valence-electron chi connectivity index (χ2n) is 4.09. The highest BCUT2D eigenvalue weighted by Crippen LogP contribution is 2.32.